The van der Waals surface area contributed by atoms with E-state index in [1.54, 1.807) is 0 Å². The van der Waals surface area contributed by atoms with Gasteiger partial charge in [-0.2, -0.15) is 0 Å². The minimum atomic E-state index is -0.0913. The molecule has 0 aromatic heterocycles. The first-order valence-corrected chi connectivity index (χ1v) is 9.62. The van der Waals surface area contributed by atoms with Gasteiger partial charge in [0.15, 0.2) is 0 Å². The van der Waals surface area contributed by atoms with Crippen molar-refractivity contribution in [1.29, 1.82) is 0 Å². The van der Waals surface area contributed by atoms with Gasteiger partial charge in [-0.1, -0.05) is 88.6 Å². The van der Waals surface area contributed by atoms with Gasteiger partial charge in [-0.3, -0.25) is 0 Å². The van der Waals surface area contributed by atoms with Crippen LogP contribution in [0.15, 0.2) is 30.3 Å². The summed E-state index contributed by atoms with van der Waals surface area (Å²) in [6.45, 7) is 3.78. The van der Waals surface area contributed by atoms with E-state index in [-0.39, 0.29) is 6.10 Å². The van der Waals surface area contributed by atoms with Crippen molar-refractivity contribution in [2.24, 2.45) is 0 Å². The van der Waals surface area contributed by atoms with Gasteiger partial charge in [0.2, 0.25) is 0 Å². The molecule has 0 saturated carbocycles. The Bertz CT molecular complexity index is 350. The molecule has 1 aromatic carbocycles. The third kappa shape index (κ3) is 12.3. The highest BCUT2D eigenvalue weighted by Gasteiger charge is 2.03. The summed E-state index contributed by atoms with van der Waals surface area (Å²) in [4.78, 5) is 0. The maximum atomic E-state index is 9.97. The molecule has 0 amide bonds. The van der Waals surface area contributed by atoms with Gasteiger partial charge in [0.25, 0.3) is 0 Å². The fourth-order valence-electron chi connectivity index (χ4n) is 2.83. The number of benzene rings is 1. The van der Waals surface area contributed by atoms with Crippen molar-refractivity contribution >= 4 is 0 Å². The van der Waals surface area contributed by atoms with Gasteiger partial charge in [-0.25, -0.2) is 0 Å². The molecule has 1 N–H and O–H groups in total. The lowest BCUT2D eigenvalue weighted by Gasteiger charge is -2.10. The molecule has 0 spiro atoms. The summed E-state index contributed by atoms with van der Waals surface area (Å²) in [6.07, 6.45) is 13.0. The average Bonchev–Trinajstić information content (AvgIpc) is 2.58. The molecule has 0 bridgehead atoms. The molecule has 132 valence electrons. The monoisotopic (exact) mass is 320 g/mol. The molecule has 2 nitrogen and oxygen atoms in total. The Morgan fingerprint density at radius 2 is 1.43 bits per heavy atom. The maximum Gasteiger partial charge on any atom is 0.0716 e. The van der Waals surface area contributed by atoms with Crippen molar-refractivity contribution < 1.29 is 9.84 Å². The Morgan fingerprint density at radius 1 is 0.826 bits per heavy atom. The van der Waals surface area contributed by atoms with Crippen molar-refractivity contribution in [2.45, 2.75) is 90.3 Å². The Hall–Kier alpha value is -0.860. The van der Waals surface area contributed by atoms with Crippen LogP contribution in [0.25, 0.3) is 0 Å². The highest BCUT2D eigenvalue weighted by atomic mass is 16.5. The molecule has 1 unspecified atom stereocenters. The molecule has 23 heavy (non-hydrogen) atoms. The van der Waals surface area contributed by atoms with E-state index in [2.05, 4.69) is 19.1 Å². The van der Waals surface area contributed by atoms with Crippen LogP contribution in [0.3, 0.4) is 0 Å². The number of aliphatic hydroxyl groups is 1. The van der Waals surface area contributed by atoms with Crippen molar-refractivity contribution in [3.05, 3.63) is 35.9 Å². The van der Waals surface area contributed by atoms with Crippen LogP contribution in [0.1, 0.15) is 83.1 Å². The minimum absolute atomic E-state index is 0.0913. The summed E-state index contributed by atoms with van der Waals surface area (Å²) in [5.41, 5.74) is 1.24. The number of unbranched alkanes of at least 4 members (excludes halogenated alkanes) is 7. The Morgan fingerprint density at radius 3 is 2.13 bits per heavy atom. The zero-order chi connectivity index (χ0) is 16.6. The van der Waals surface area contributed by atoms with Crippen molar-refractivity contribution in [1.82, 2.24) is 0 Å². The molecule has 0 saturated heterocycles. The molecule has 0 fully saturated rings. The van der Waals surface area contributed by atoms with Crippen LogP contribution in [0.4, 0.5) is 0 Å². The van der Waals surface area contributed by atoms with E-state index in [4.69, 9.17) is 4.74 Å². The van der Waals surface area contributed by atoms with E-state index in [0.717, 1.165) is 38.7 Å². The van der Waals surface area contributed by atoms with E-state index < -0.39 is 0 Å². The van der Waals surface area contributed by atoms with Gasteiger partial charge in [0, 0.05) is 6.61 Å². The van der Waals surface area contributed by atoms with Crippen LogP contribution in [-0.4, -0.2) is 17.8 Å². The van der Waals surface area contributed by atoms with Crippen LogP contribution in [0, 0.1) is 0 Å². The first kappa shape index (κ1) is 20.2. The minimum Gasteiger partial charge on any atom is -0.393 e. The highest BCUT2D eigenvalue weighted by Crippen LogP contribution is 2.13. The molecule has 0 aliphatic carbocycles. The van der Waals surface area contributed by atoms with E-state index in [0.29, 0.717) is 6.61 Å². The molecule has 1 aromatic rings. The van der Waals surface area contributed by atoms with Gasteiger partial charge < -0.3 is 9.84 Å². The van der Waals surface area contributed by atoms with Crippen molar-refractivity contribution in [3.63, 3.8) is 0 Å². The lowest BCUT2D eigenvalue weighted by Crippen LogP contribution is -2.06. The first-order valence-electron chi connectivity index (χ1n) is 9.62. The van der Waals surface area contributed by atoms with Gasteiger partial charge in [0.1, 0.15) is 0 Å². The molecular weight excluding hydrogens is 284 g/mol. The van der Waals surface area contributed by atoms with E-state index in [9.17, 15) is 5.11 Å². The summed E-state index contributed by atoms with van der Waals surface area (Å²) in [5, 5.41) is 9.97. The van der Waals surface area contributed by atoms with Gasteiger partial charge >= 0.3 is 0 Å². The van der Waals surface area contributed by atoms with Crippen LogP contribution in [-0.2, 0) is 11.3 Å². The largest absolute Gasteiger partial charge is 0.393 e. The Balaban J connectivity index is 1.83. The summed E-state index contributed by atoms with van der Waals surface area (Å²) in [7, 11) is 0. The van der Waals surface area contributed by atoms with Crippen molar-refractivity contribution in [2.75, 3.05) is 6.61 Å². The second-order valence-corrected chi connectivity index (χ2v) is 6.60. The lowest BCUT2D eigenvalue weighted by atomic mass is 10.0. The predicted octanol–water partition coefficient (Wildman–Crippen LogP) is 5.88. The fourth-order valence-corrected chi connectivity index (χ4v) is 2.83. The number of hydrogen-bond donors (Lipinski definition) is 1. The van der Waals surface area contributed by atoms with E-state index in [1.807, 2.05) is 18.2 Å². The second-order valence-electron chi connectivity index (χ2n) is 6.60. The van der Waals surface area contributed by atoms with Gasteiger partial charge in [0.05, 0.1) is 12.7 Å². The van der Waals surface area contributed by atoms with E-state index >= 15 is 0 Å². The highest BCUT2D eigenvalue weighted by molar-refractivity contribution is 5.13. The molecule has 2 heteroatoms. The maximum absolute atomic E-state index is 9.97. The quantitative estimate of drug-likeness (QED) is 0.409. The van der Waals surface area contributed by atoms with E-state index in [1.165, 1.54) is 44.1 Å². The number of aliphatic hydroxyl groups excluding tert-OH is 1. The topological polar surface area (TPSA) is 29.5 Å². The van der Waals surface area contributed by atoms with Crippen LogP contribution in [0.5, 0.6) is 0 Å². The molecule has 1 atom stereocenters. The molecule has 0 radical (unpaired) electrons. The van der Waals surface area contributed by atoms with Crippen LogP contribution >= 0.6 is 0 Å². The Kier molecular flexibility index (Phi) is 12.9. The SMILES string of the molecule is CCCCCCCCC(O)CCCCCOCc1ccccc1. The summed E-state index contributed by atoms with van der Waals surface area (Å²) >= 11 is 0. The summed E-state index contributed by atoms with van der Waals surface area (Å²) in [6, 6.07) is 10.3. The predicted molar refractivity (Wildman–Crippen MR) is 98.6 cm³/mol. The number of hydrogen-bond acceptors (Lipinski definition) is 2. The van der Waals surface area contributed by atoms with Gasteiger partial charge in [-0.15, -0.1) is 0 Å². The molecule has 1 rings (SSSR count). The van der Waals surface area contributed by atoms with Gasteiger partial charge in [-0.05, 0) is 24.8 Å². The molecule has 0 heterocycles. The molecular formula is C21H36O2. The third-order valence-corrected chi connectivity index (χ3v) is 4.33. The Labute approximate surface area is 143 Å². The standard InChI is InChI=1S/C21H36O2/c1-2-3-4-5-6-11-16-21(22)17-12-8-13-18-23-19-20-14-9-7-10-15-20/h7,9-10,14-15,21-22H,2-6,8,11-13,16-19H2,1H3. The lowest BCUT2D eigenvalue weighted by molar-refractivity contribution is 0.113. The smallest absolute Gasteiger partial charge is 0.0716 e. The summed E-state index contributed by atoms with van der Waals surface area (Å²) in [5.74, 6) is 0. The average molecular weight is 321 g/mol. The number of rotatable bonds is 15. The summed E-state index contributed by atoms with van der Waals surface area (Å²) < 4.78 is 5.68. The molecule has 0 aliphatic rings. The zero-order valence-corrected chi connectivity index (χ0v) is 15.0. The third-order valence-electron chi connectivity index (χ3n) is 4.33. The number of ether oxygens (including phenoxy) is 1. The zero-order valence-electron chi connectivity index (χ0n) is 15.0. The van der Waals surface area contributed by atoms with Crippen molar-refractivity contribution in [3.8, 4) is 0 Å². The normalized spacial score (nSPS) is 12.4. The van der Waals surface area contributed by atoms with Crippen LogP contribution < -0.4 is 0 Å². The fraction of sp³-hybridized carbons (Fsp3) is 0.714. The second kappa shape index (κ2) is 14.7. The first-order chi connectivity index (χ1) is 11.3. The molecule has 0 aliphatic heterocycles. The van der Waals surface area contributed by atoms with Crippen LogP contribution in [0.2, 0.25) is 0 Å².